The van der Waals surface area contributed by atoms with Crippen molar-refractivity contribution in [2.24, 2.45) is 0 Å². The number of methoxy groups -OCH3 is 1. The Kier molecular flexibility index (Phi) is 4.66. The smallest absolute Gasteiger partial charge is 0.243 e. The van der Waals surface area contributed by atoms with E-state index in [9.17, 15) is 8.42 Å². The van der Waals surface area contributed by atoms with Crippen LogP contribution in [-0.2, 0) is 14.8 Å². The van der Waals surface area contributed by atoms with Crippen LogP contribution in [0.15, 0.2) is 59.5 Å². The summed E-state index contributed by atoms with van der Waals surface area (Å²) in [7, 11) is -1.98. The Hall–Kier alpha value is -1.89. The molecule has 3 rings (SSSR count). The standard InChI is InChI=1S/C17H19NO4S/c1-21-15-7-9-16(10-8-15)23(19,20)18-11-12-22-17(13-18)14-5-3-2-4-6-14/h2-10,17H,11-13H2,1H3/t17-/m1/s1. The van der Waals surface area contributed by atoms with E-state index >= 15 is 0 Å². The van der Waals surface area contributed by atoms with Gasteiger partial charge in [-0.05, 0) is 29.8 Å². The van der Waals surface area contributed by atoms with Crippen molar-refractivity contribution in [1.29, 1.82) is 0 Å². The third-order valence-corrected chi connectivity index (χ3v) is 5.78. The average molecular weight is 333 g/mol. The van der Waals surface area contributed by atoms with E-state index in [1.807, 2.05) is 30.3 Å². The molecule has 1 saturated heterocycles. The van der Waals surface area contributed by atoms with Gasteiger partial charge in [0.05, 0.1) is 24.7 Å². The fourth-order valence-corrected chi connectivity index (χ4v) is 4.03. The molecule has 23 heavy (non-hydrogen) atoms. The molecule has 0 saturated carbocycles. The molecule has 1 aliphatic rings. The predicted molar refractivity (Wildman–Crippen MR) is 86.9 cm³/mol. The van der Waals surface area contributed by atoms with E-state index in [1.54, 1.807) is 31.4 Å². The summed E-state index contributed by atoms with van der Waals surface area (Å²) in [4.78, 5) is 0.270. The summed E-state index contributed by atoms with van der Waals surface area (Å²) in [6, 6.07) is 16.1. The van der Waals surface area contributed by atoms with E-state index in [0.717, 1.165) is 5.56 Å². The lowest BCUT2D eigenvalue weighted by Crippen LogP contribution is -2.42. The quantitative estimate of drug-likeness (QED) is 0.862. The Labute approximate surface area is 136 Å². The number of sulfonamides is 1. The van der Waals surface area contributed by atoms with Crippen molar-refractivity contribution in [2.75, 3.05) is 26.8 Å². The maximum absolute atomic E-state index is 12.8. The molecule has 6 heteroatoms. The molecular formula is C17H19NO4S. The van der Waals surface area contributed by atoms with Gasteiger partial charge >= 0.3 is 0 Å². The van der Waals surface area contributed by atoms with E-state index in [0.29, 0.717) is 25.4 Å². The van der Waals surface area contributed by atoms with Crippen molar-refractivity contribution >= 4 is 10.0 Å². The maximum atomic E-state index is 12.8. The molecule has 0 aliphatic carbocycles. The summed E-state index contributed by atoms with van der Waals surface area (Å²) in [5.41, 5.74) is 0.988. The van der Waals surface area contributed by atoms with Crippen LogP contribution < -0.4 is 4.74 Å². The Bertz CT molecular complexity index is 744. The molecule has 1 fully saturated rings. The van der Waals surface area contributed by atoms with Crippen LogP contribution in [0, 0.1) is 0 Å². The molecule has 0 bridgehead atoms. The molecule has 122 valence electrons. The minimum atomic E-state index is -3.53. The van der Waals surface area contributed by atoms with Gasteiger partial charge in [0, 0.05) is 13.1 Å². The number of rotatable bonds is 4. The highest BCUT2D eigenvalue weighted by atomic mass is 32.2. The molecule has 0 unspecified atom stereocenters. The van der Waals surface area contributed by atoms with Gasteiger partial charge in [0.1, 0.15) is 5.75 Å². The minimum absolute atomic E-state index is 0.238. The highest BCUT2D eigenvalue weighted by molar-refractivity contribution is 7.89. The summed E-state index contributed by atoms with van der Waals surface area (Å²) in [5, 5.41) is 0. The first-order valence-corrected chi connectivity index (χ1v) is 8.86. The Morgan fingerprint density at radius 3 is 2.43 bits per heavy atom. The Balaban J connectivity index is 1.81. The number of hydrogen-bond donors (Lipinski definition) is 0. The van der Waals surface area contributed by atoms with Crippen LogP contribution >= 0.6 is 0 Å². The van der Waals surface area contributed by atoms with Crippen LogP contribution in [0.2, 0.25) is 0 Å². The van der Waals surface area contributed by atoms with Gasteiger partial charge in [-0.3, -0.25) is 0 Å². The second-order valence-corrected chi connectivity index (χ2v) is 7.25. The number of hydrogen-bond acceptors (Lipinski definition) is 4. The second kappa shape index (κ2) is 6.70. The van der Waals surface area contributed by atoms with Crippen LogP contribution in [-0.4, -0.2) is 39.5 Å². The molecule has 0 radical (unpaired) electrons. The van der Waals surface area contributed by atoms with Gasteiger partial charge in [0.15, 0.2) is 0 Å². The molecule has 0 aromatic heterocycles. The number of morpholine rings is 1. The molecule has 2 aromatic carbocycles. The zero-order chi connectivity index (χ0) is 16.3. The zero-order valence-corrected chi connectivity index (χ0v) is 13.7. The third-order valence-electron chi connectivity index (χ3n) is 3.90. The summed E-state index contributed by atoms with van der Waals surface area (Å²) < 4.78 is 37.9. The first-order chi connectivity index (χ1) is 11.1. The first kappa shape index (κ1) is 16.0. The first-order valence-electron chi connectivity index (χ1n) is 7.42. The Morgan fingerprint density at radius 2 is 1.78 bits per heavy atom. The van der Waals surface area contributed by atoms with E-state index in [2.05, 4.69) is 0 Å². The molecule has 0 spiro atoms. The minimum Gasteiger partial charge on any atom is -0.497 e. The summed E-state index contributed by atoms with van der Waals surface area (Å²) >= 11 is 0. The van der Waals surface area contributed by atoms with E-state index in [4.69, 9.17) is 9.47 Å². The highest BCUT2D eigenvalue weighted by Gasteiger charge is 2.31. The van der Waals surface area contributed by atoms with E-state index in [-0.39, 0.29) is 11.0 Å². The monoisotopic (exact) mass is 333 g/mol. The lowest BCUT2D eigenvalue weighted by atomic mass is 10.1. The third kappa shape index (κ3) is 3.39. The fourth-order valence-electron chi connectivity index (χ4n) is 2.61. The van der Waals surface area contributed by atoms with Crippen molar-refractivity contribution in [3.63, 3.8) is 0 Å². The highest BCUT2D eigenvalue weighted by Crippen LogP contribution is 2.27. The second-order valence-electron chi connectivity index (χ2n) is 5.31. The van der Waals surface area contributed by atoms with Crippen molar-refractivity contribution in [1.82, 2.24) is 4.31 Å². The van der Waals surface area contributed by atoms with Gasteiger partial charge in [-0.2, -0.15) is 4.31 Å². The number of nitrogens with zero attached hydrogens (tertiary/aromatic N) is 1. The van der Waals surface area contributed by atoms with Crippen molar-refractivity contribution in [3.8, 4) is 5.75 Å². The molecule has 0 N–H and O–H groups in total. The van der Waals surface area contributed by atoms with Crippen LogP contribution in [0.4, 0.5) is 0 Å². The van der Waals surface area contributed by atoms with Crippen molar-refractivity contribution < 1.29 is 17.9 Å². The molecule has 1 atom stereocenters. The zero-order valence-electron chi connectivity index (χ0n) is 12.9. The van der Waals surface area contributed by atoms with Crippen molar-refractivity contribution in [3.05, 3.63) is 60.2 Å². The largest absolute Gasteiger partial charge is 0.497 e. The lowest BCUT2D eigenvalue weighted by molar-refractivity contribution is -0.00255. The molecule has 5 nitrogen and oxygen atoms in total. The summed E-state index contributed by atoms with van der Waals surface area (Å²) in [6.45, 7) is 1.06. The normalized spacial score (nSPS) is 19.4. The molecule has 0 amide bonds. The summed E-state index contributed by atoms with van der Waals surface area (Å²) in [5.74, 6) is 0.632. The van der Waals surface area contributed by atoms with E-state index in [1.165, 1.54) is 4.31 Å². The Morgan fingerprint density at radius 1 is 1.09 bits per heavy atom. The maximum Gasteiger partial charge on any atom is 0.243 e. The van der Waals surface area contributed by atoms with Gasteiger partial charge in [0.25, 0.3) is 0 Å². The van der Waals surface area contributed by atoms with E-state index < -0.39 is 10.0 Å². The van der Waals surface area contributed by atoms with Gasteiger partial charge < -0.3 is 9.47 Å². The topological polar surface area (TPSA) is 55.8 Å². The predicted octanol–water partition coefficient (Wildman–Crippen LogP) is 2.46. The van der Waals surface area contributed by atoms with Crippen LogP contribution in [0.3, 0.4) is 0 Å². The molecular weight excluding hydrogens is 314 g/mol. The van der Waals surface area contributed by atoms with Gasteiger partial charge in [-0.15, -0.1) is 0 Å². The van der Waals surface area contributed by atoms with Crippen LogP contribution in [0.25, 0.3) is 0 Å². The average Bonchev–Trinajstić information content (AvgIpc) is 2.62. The van der Waals surface area contributed by atoms with Crippen molar-refractivity contribution in [2.45, 2.75) is 11.0 Å². The van der Waals surface area contributed by atoms with Crippen LogP contribution in [0.5, 0.6) is 5.75 Å². The number of benzene rings is 2. The van der Waals surface area contributed by atoms with Gasteiger partial charge in [-0.1, -0.05) is 30.3 Å². The summed E-state index contributed by atoms with van der Waals surface area (Å²) in [6.07, 6.45) is -0.238. The van der Waals surface area contributed by atoms with Gasteiger partial charge in [-0.25, -0.2) is 8.42 Å². The lowest BCUT2D eigenvalue weighted by Gasteiger charge is -2.32. The molecule has 1 heterocycles. The fraction of sp³-hybridized carbons (Fsp3) is 0.294. The SMILES string of the molecule is COc1ccc(S(=O)(=O)N2CCO[C@@H](c3ccccc3)C2)cc1. The molecule has 2 aromatic rings. The van der Waals surface area contributed by atoms with Gasteiger partial charge in [0.2, 0.25) is 10.0 Å². The number of ether oxygens (including phenoxy) is 2. The van der Waals surface area contributed by atoms with Crippen LogP contribution in [0.1, 0.15) is 11.7 Å². The molecule has 1 aliphatic heterocycles.